The molecule has 7 heteroatoms. The van der Waals surface area contributed by atoms with E-state index in [1.807, 2.05) is 48.8 Å². The third kappa shape index (κ3) is 5.27. The van der Waals surface area contributed by atoms with E-state index in [4.69, 9.17) is 0 Å². The number of rotatable bonds is 7. The summed E-state index contributed by atoms with van der Waals surface area (Å²) in [4.78, 5) is 12.5. The number of benzene rings is 2. The van der Waals surface area contributed by atoms with E-state index in [-0.39, 0.29) is 11.7 Å². The molecule has 2 aromatic carbocycles. The highest BCUT2D eigenvalue weighted by atomic mass is 127. The molecule has 0 saturated heterocycles. The van der Waals surface area contributed by atoms with Gasteiger partial charge in [-0.2, -0.15) is 0 Å². The van der Waals surface area contributed by atoms with Gasteiger partial charge in [-0.25, -0.2) is 0 Å². The van der Waals surface area contributed by atoms with Gasteiger partial charge in [0.15, 0.2) is 11.0 Å². The number of carbonyl (C=O) groups excluding carboxylic acids is 1. The van der Waals surface area contributed by atoms with Crippen molar-refractivity contribution in [2.45, 2.75) is 32.5 Å². The Hall–Kier alpha value is -2.13. The lowest BCUT2D eigenvalue weighted by Gasteiger charge is -2.12. The molecule has 1 amide bonds. The smallest absolute Gasteiger partial charge is 0.234 e. The second kappa shape index (κ2) is 9.58. The molecule has 1 aromatic heterocycles. The van der Waals surface area contributed by atoms with Gasteiger partial charge in [0, 0.05) is 21.4 Å². The van der Waals surface area contributed by atoms with E-state index >= 15 is 0 Å². The SMILES string of the molecule is C=CCn1c(SCC(=O)Nc2c(C)cc(I)cc2C)nnc1-c1ccc(C)cc1. The summed E-state index contributed by atoms with van der Waals surface area (Å²) in [6.45, 7) is 10.5. The lowest BCUT2D eigenvalue weighted by molar-refractivity contribution is -0.113. The van der Waals surface area contributed by atoms with Crippen LogP contribution in [-0.4, -0.2) is 26.4 Å². The van der Waals surface area contributed by atoms with Gasteiger partial charge in [-0.15, -0.1) is 16.8 Å². The molecule has 5 nitrogen and oxygen atoms in total. The minimum atomic E-state index is -0.0625. The predicted octanol–water partition coefficient (Wildman–Crippen LogP) is 5.39. The van der Waals surface area contributed by atoms with Crippen molar-refractivity contribution >= 4 is 45.9 Å². The summed E-state index contributed by atoms with van der Waals surface area (Å²) in [5.74, 6) is 0.971. The van der Waals surface area contributed by atoms with Gasteiger partial charge in [-0.3, -0.25) is 9.36 Å². The number of carbonyl (C=O) groups is 1. The van der Waals surface area contributed by atoms with Gasteiger partial charge in [0.25, 0.3) is 0 Å². The van der Waals surface area contributed by atoms with Crippen molar-refractivity contribution in [1.29, 1.82) is 0 Å². The van der Waals surface area contributed by atoms with Crippen LogP contribution < -0.4 is 5.32 Å². The van der Waals surface area contributed by atoms with Crippen LogP contribution in [0.25, 0.3) is 11.4 Å². The number of amides is 1. The number of nitrogens with zero attached hydrogens (tertiary/aromatic N) is 3. The number of anilines is 1. The van der Waals surface area contributed by atoms with Crippen molar-refractivity contribution < 1.29 is 4.79 Å². The van der Waals surface area contributed by atoms with E-state index in [0.29, 0.717) is 11.7 Å². The second-order valence-electron chi connectivity index (χ2n) is 6.82. The van der Waals surface area contributed by atoms with Crippen molar-refractivity contribution in [3.8, 4) is 11.4 Å². The van der Waals surface area contributed by atoms with Crippen LogP contribution in [0.1, 0.15) is 16.7 Å². The zero-order valence-corrected chi connectivity index (χ0v) is 19.7. The topological polar surface area (TPSA) is 59.8 Å². The van der Waals surface area contributed by atoms with E-state index in [1.165, 1.54) is 17.3 Å². The molecule has 0 unspecified atom stereocenters. The first-order chi connectivity index (χ1) is 13.9. The molecule has 0 saturated carbocycles. The Morgan fingerprint density at radius 2 is 1.83 bits per heavy atom. The van der Waals surface area contributed by atoms with E-state index in [2.05, 4.69) is 63.7 Å². The van der Waals surface area contributed by atoms with Gasteiger partial charge in [-0.1, -0.05) is 47.7 Å². The summed E-state index contributed by atoms with van der Waals surface area (Å²) in [5, 5.41) is 12.4. The molecule has 0 bridgehead atoms. The highest BCUT2D eigenvalue weighted by Crippen LogP contribution is 2.26. The number of allylic oxidation sites excluding steroid dienone is 1. The van der Waals surface area contributed by atoms with Gasteiger partial charge < -0.3 is 5.32 Å². The molecule has 0 aliphatic heterocycles. The standard InChI is InChI=1S/C22H23IN4OS/c1-5-10-27-21(17-8-6-14(2)7-9-17)25-26-22(27)29-13-19(28)24-20-15(3)11-18(23)12-16(20)4/h5-9,11-12H,1,10,13H2,2-4H3,(H,24,28). The van der Waals surface area contributed by atoms with Gasteiger partial charge in [-0.05, 0) is 66.6 Å². The Morgan fingerprint density at radius 1 is 1.17 bits per heavy atom. The van der Waals surface area contributed by atoms with Gasteiger partial charge in [0.1, 0.15) is 0 Å². The molecule has 0 spiro atoms. The largest absolute Gasteiger partial charge is 0.325 e. The molecule has 0 radical (unpaired) electrons. The normalized spacial score (nSPS) is 10.8. The fourth-order valence-electron chi connectivity index (χ4n) is 3.02. The van der Waals surface area contributed by atoms with Crippen molar-refractivity contribution in [1.82, 2.24) is 14.8 Å². The maximum Gasteiger partial charge on any atom is 0.234 e. The molecule has 3 aromatic rings. The summed E-state index contributed by atoms with van der Waals surface area (Å²) in [7, 11) is 0. The predicted molar refractivity (Wildman–Crippen MR) is 128 cm³/mol. The number of aromatic nitrogens is 3. The molecule has 0 aliphatic carbocycles. The van der Waals surface area contributed by atoms with Crippen LogP contribution in [0.5, 0.6) is 0 Å². The van der Waals surface area contributed by atoms with E-state index < -0.39 is 0 Å². The van der Waals surface area contributed by atoms with Crippen LogP contribution >= 0.6 is 34.4 Å². The van der Waals surface area contributed by atoms with E-state index in [0.717, 1.165) is 31.8 Å². The zero-order valence-electron chi connectivity index (χ0n) is 16.7. The van der Waals surface area contributed by atoms with Crippen molar-refractivity contribution in [2.24, 2.45) is 0 Å². The number of hydrogen-bond acceptors (Lipinski definition) is 4. The number of hydrogen-bond donors (Lipinski definition) is 1. The monoisotopic (exact) mass is 518 g/mol. The highest BCUT2D eigenvalue weighted by Gasteiger charge is 2.16. The van der Waals surface area contributed by atoms with Gasteiger partial charge in [0.2, 0.25) is 5.91 Å². The fraction of sp³-hybridized carbons (Fsp3) is 0.227. The molecular formula is C22H23IN4OS. The van der Waals surface area contributed by atoms with Crippen LogP contribution in [0.3, 0.4) is 0 Å². The average Bonchev–Trinajstić information content (AvgIpc) is 3.06. The van der Waals surface area contributed by atoms with Crippen LogP contribution in [0.2, 0.25) is 0 Å². The highest BCUT2D eigenvalue weighted by molar-refractivity contribution is 14.1. The summed E-state index contributed by atoms with van der Waals surface area (Å²) in [6.07, 6.45) is 1.81. The molecule has 150 valence electrons. The summed E-state index contributed by atoms with van der Waals surface area (Å²) >= 11 is 3.66. The van der Waals surface area contributed by atoms with Crippen molar-refractivity contribution in [3.63, 3.8) is 0 Å². The third-order valence-corrected chi connectivity index (χ3v) is 6.02. The number of aryl methyl sites for hydroxylation is 3. The molecule has 29 heavy (non-hydrogen) atoms. The first-order valence-corrected chi connectivity index (χ1v) is 11.3. The molecule has 0 atom stereocenters. The molecule has 0 fully saturated rings. The molecule has 1 N–H and O–H groups in total. The van der Waals surface area contributed by atoms with Crippen LogP contribution in [-0.2, 0) is 11.3 Å². The minimum absolute atomic E-state index is 0.0625. The summed E-state index contributed by atoms with van der Waals surface area (Å²) in [6, 6.07) is 12.3. The zero-order chi connectivity index (χ0) is 21.0. The summed E-state index contributed by atoms with van der Waals surface area (Å²) in [5.41, 5.74) is 5.18. The number of thioether (sulfide) groups is 1. The minimum Gasteiger partial charge on any atom is -0.325 e. The molecule has 0 aliphatic rings. The van der Waals surface area contributed by atoms with Crippen LogP contribution in [0, 0.1) is 24.3 Å². The fourth-order valence-corrected chi connectivity index (χ4v) is 4.70. The Balaban J connectivity index is 1.74. The maximum atomic E-state index is 12.5. The Bertz CT molecular complexity index is 1020. The first-order valence-electron chi connectivity index (χ1n) is 9.19. The number of nitrogens with one attached hydrogen (secondary N) is 1. The Morgan fingerprint density at radius 3 is 2.45 bits per heavy atom. The average molecular weight is 518 g/mol. The third-order valence-electron chi connectivity index (χ3n) is 4.43. The Labute approximate surface area is 189 Å². The lowest BCUT2D eigenvalue weighted by Crippen LogP contribution is -2.16. The first kappa shape index (κ1) is 21.6. The Kier molecular flexibility index (Phi) is 7.13. The van der Waals surface area contributed by atoms with Crippen molar-refractivity contribution in [3.05, 3.63) is 69.3 Å². The van der Waals surface area contributed by atoms with Crippen molar-refractivity contribution in [2.75, 3.05) is 11.1 Å². The number of halogens is 1. The van der Waals surface area contributed by atoms with Crippen LogP contribution in [0.15, 0.2) is 54.2 Å². The van der Waals surface area contributed by atoms with Crippen LogP contribution in [0.4, 0.5) is 5.69 Å². The van der Waals surface area contributed by atoms with Gasteiger partial charge in [0.05, 0.1) is 5.75 Å². The lowest BCUT2D eigenvalue weighted by atomic mass is 10.1. The van der Waals surface area contributed by atoms with E-state index in [9.17, 15) is 4.79 Å². The van der Waals surface area contributed by atoms with E-state index in [1.54, 1.807) is 0 Å². The molecular weight excluding hydrogens is 495 g/mol. The summed E-state index contributed by atoms with van der Waals surface area (Å²) < 4.78 is 3.14. The quantitative estimate of drug-likeness (QED) is 0.259. The molecule has 1 heterocycles. The van der Waals surface area contributed by atoms with Gasteiger partial charge >= 0.3 is 0 Å². The second-order valence-corrected chi connectivity index (χ2v) is 9.01. The molecule has 3 rings (SSSR count). The maximum absolute atomic E-state index is 12.5.